The fourth-order valence-corrected chi connectivity index (χ4v) is 3.88. The number of nitrogens with one attached hydrogen (secondary N) is 1. The summed E-state index contributed by atoms with van der Waals surface area (Å²) in [5, 5.41) is 3.44. The predicted octanol–water partition coefficient (Wildman–Crippen LogP) is 1.03. The molecule has 7 nitrogen and oxygen atoms in total. The van der Waals surface area contributed by atoms with Crippen molar-refractivity contribution in [3.05, 3.63) is 0 Å². The van der Waals surface area contributed by atoms with Gasteiger partial charge in [-0.1, -0.05) is 0 Å². The van der Waals surface area contributed by atoms with E-state index in [1.165, 1.54) is 19.4 Å². The van der Waals surface area contributed by atoms with Gasteiger partial charge in [-0.2, -0.15) is 0 Å². The minimum Gasteiger partial charge on any atom is -0.379 e. The van der Waals surface area contributed by atoms with Crippen LogP contribution in [0.3, 0.4) is 0 Å². The number of nitrogens with zero attached hydrogens (tertiary/aromatic N) is 3. The Morgan fingerprint density at radius 2 is 2.04 bits per heavy atom. The van der Waals surface area contributed by atoms with Gasteiger partial charge in [0.05, 0.1) is 32.5 Å². The van der Waals surface area contributed by atoms with Gasteiger partial charge >= 0.3 is 0 Å². The van der Waals surface area contributed by atoms with Crippen molar-refractivity contribution < 1.29 is 14.2 Å². The average molecular weight is 482 g/mol. The van der Waals surface area contributed by atoms with E-state index in [9.17, 15) is 0 Å². The highest BCUT2D eigenvalue weighted by Gasteiger charge is 2.27. The third-order valence-electron chi connectivity index (χ3n) is 5.27. The second-order valence-electron chi connectivity index (χ2n) is 7.20. The van der Waals surface area contributed by atoms with Crippen LogP contribution in [-0.2, 0) is 14.2 Å². The molecule has 0 radical (unpaired) electrons. The molecular formula is C18H35IN4O3. The quantitative estimate of drug-likeness (QED) is 0.253. The van der Waals surface area contributed by atoms with E-state index in [0.717, 1.165) is 70.8 Å². The van der Waals surface area contributed by atoms with Gasteiger partial charge in [0.25, 0.3) is 0 Å². The zero-order valence-corrected chi connectivity index (χ0v) is 18.4. The van der Waals surface area contributed by atoms with Crippen molar-refractivity contribution >= 4 is 29.9 Å². The van der Waals surface area contributed by atoms with Gasteiger partial charge in [0.2, 0.25) is 0 Å². The van der Waals surface area contributed by atoms with Crippen LogP contribution in [0.15, 0.2) is 4.99 Å². The second-order valence-corrected chi connectivity index (χ2v) is 7.20. The van der Waals surface area contributed by atoms with Crippen LogP contribution >= 0.6 is 24.0 Å². The smallest absolute Gasteiger partial charge is 0.193 e. The van der Waals surface area contributed by atoms with Gasteiger partial charge in [0.1, 0.15) is 0 Å². The first-order chi connectivity index (χ1) is 12.3. The van der Waals surface area contributed by atoms with Gasteiger partial charge in [-0.3, -0.25) is 9.89 Å². The number of ether oxygens (including phenoxy) is 3. The molecule has 3 saturated heterocycles. The maximum atomic E-state index is 5.72. The van der Waals surface area contributed by atoms with E-state index in [2.05, 4.69) is 20.1 Å². The second kappa shape index (κ2) is 12.3. The Morgan fingerprint density at radius 1 is 1.19 bits per heavy atom. The number of hydrogen-bond acceptors (Lipinski definition) is 5. The molecule has 3 rings (SSSR count). The number of hydrogen-bond donors (Lipinski definition) is 1. The van der Waals surface area contributed by atoms with Crippen molar-refractivity contribution in [1.82, 2.24) is 15.1 Å². The van der Waals surface area contributed by atoms with Crippen LogP contribution in [0.2, 0.25) is 0 Å². The molecule has 0 aromatic carbocycles. The number of rotatable bonds is 7. The van der Waals surface area contributed by atoms with Crippen molar-refractivity contribution in [1.29, 1.82) is 0 Å². The summed E-state index contributed by atoms with van der Waals surface area (Å²) in [4.78, 5) is 9.36. The van der Waals surface area contributed by atoms with Crippen molar-refractivity contribution in [2.24, 2.45) is 10.9 Å². The number of guanidine groups is 1. The predicted molar refractivity (Wildman–Crippen MR) is 114 cm³/mol. The van der Waals surface area contributed by atoms with Gasteiger partial charge < -0.3 is 24.4 Å². The first kappa shape index (κ1) is 22.1. The van der Waals surface area contributed by atoms with Gasteiger partial charge in [0, 0.05) is 52.9 Å². The average Bonchev–Trinajstić information content (AvgIpc) is 3.31. The molecule has 0 bridgehead atoms. The Morgan fingerprint density at radius 3 is 2.77 bits per heavy atom. The van der Waals surface area contributed by atoms with Crippen molar-refractivity contribution in [2.45, 2.75) is 25.4 Å². The number of halogens is 1. The van der Waals surface area contributed by atoms with Crippen molar-refractivity contribution in [3.8, 4) is 0 Å². The number of morpholine rings is 1. The lowest BCUT2D eigenvalue weighted by Crippen LogP contribution is -2.43. The van der Waals surface area contributed by atoms with Gasteiger partial charge in [0.15, 0.2) is 5.96 Å². The topological polar surface area (TPSA) is 58.6 Å². The fraction of sp³-hybridized carbons (Fsp3) is 0.944. The molecule has 0 spiro atoms. The third-order valence-corrected chi connectivity index (χ3v) is 5.27. The van der Waals surface area contributed by atoms with Gasteiger partial charge in [-0.05, 0) is 25.2 Å². The molecule has 3 aliphatic heterocycles. The molecule has 1 N–H and O–H groups in total. The first-order valence-corrected chi connectivity index (χ1v) is 9.80. The van der Waals surface area contributed by atoms with E-state index >= 15 is 0 Å². The molecule has 0 aromatic heterocycles. The van der Waals surface area contributed by atoms with E-state index in [1.807, 2.05) is 7.05 Å². The molecule has 2 atom stereocenters. The zero-order valence-electron chi connectivity index (χ0n) is 16.0. The van der Waals surface area contributed by atoms with Crippen LogP contribution in [0.4, 0.5) is 0 Å². The van der Waals surface area contributed by atoms with Gasteiger partial charge in [-0.25, -0.2) is 0 Å². The molecule has 152 valence electrons. The largest absolute Gasteiger partial charge is 0.379 e. The number of aliphatic imine (C=N–C) groups is 1. The van der Waals surface area contributed by atoms with Crippen LogP contribution in [0.1, 0.15) is 19.3 Å². The molecular weight excluding hydrogens is 447 g/mol. The summed E-state index contributed by atoms with van der Waals surface area (Å²) < 4.78 is 16.7. The zero-order chi connectivity index (χ0) is 17.3. The molecule has 2 unspecified atom stereocenters. The fourth-order valence-electron chi connectivity index (χ4n) is 3.88. The highest BCUT2D eigenvalue weighted by molar-refractivity contribution is 14.0. The van der Waals surface area contributed by atoms with E-state index in [-0.39, 0.29) is 24.0 Å². The van der Waals surface area contributed by atoms with Gasteiger partial charge in [-0.15, -0.1) is 24.0 Å². The SMILES string of the molecule is CN=C(NCCOCC1CCCO1)N1CCC(CN2CCOCC2)C1.I. The van der Waals surface area contributed by atoms with E-state index in [1.54, 1.807) is 0 Å². The van der Waals surface area contributed by atoms with E-state index < -0.39 is 0 Å². The Balaban J connectivity index is 0.00000243. The summed E-state index contributed by atoms with van der Waals surface area (Å²) in [6.45, 7) is 10.4. The summed E-state index contributed by atoms with van der Waals surface area (Å²) in [5.41, 5.74) is 0. The minimum absolute atomic E-state index is 0. The molecule has 26 heavy (non-hydrogen) atoms. The minimum atomic E-state index is 0. The van der Waals surface area contributed by atoms with Crippen LogP contribution < -0.4 is 5.32 Å². The lowest BCUT2D eigenvalue weighted by molar-refractivity contribution is 0.0190. The summed E-state index contributed by atoms with van der Waals surface area (Å²) in [7, 11) is 1.87. The first-order valence-electron chi connectivity index (χ1n) is 9.80. The molecule has 0 saturated carbocycles. The summed E-state index contributed by atoms with van der Waals surface area (Å²) in [6.07, 6.45) is 3.85. The highest BCUT2D eigenvalue weighted by atomic mass is 127. The van der Waals surface area contributed by atoms with Crippen LogP contribution in [-0.4, -0.2) is 101 Å². The third kappa shape index (κ3) is 7.10. The van der Waals surface area contributed by atoms with Crippen LogP contribution in [0.5, 0.6) is 0 Å². The van der Waals surface area contributed by atoms with Crippen LogP contribution in [0.25, 0.3) is 0 Å². The number of likely N-dealkylation sites (tertiary alicyclic amines) is 1. The molecule has 0 amide bonds. The highest BCUT2D eigenvalue weighted by Crippen LogP contribution is 2.18. The lowest BCUT2D eigenvalue weighted by atomic mass is 10.1. The molecule has 0 aromatic rings. The maximum Gasteiger partial charge on any atom is 0.193 e. The Hall–Kier alpha value is -0.160. The Bertz CT molecular complexity index is 415. The molecule has 3 fully saturated rings. The molecule has 8 heteroatoms. The molecule has 0 aliphatic carbocycles. The van der Waals surface area contributed by atoms with E-state index in [0.29, 0.717) is 19.3 Å². The normalized spacial score (nSPS) is 27.6. The Kier molecular flexibility index (Phi) is 10.5. The summed E-state index contributed by atoms with van der Waals surface area (Å²) in [5.74, 6) is 1.73. The molecule has 3 aliphatic rings. The summed E-state index contributed by atoms with van der Waals surface area (Å²) in [6, 6.07) is 0. The molecule has 3 heterocycles. The van der Waals surface area contributed by atoms with Crippen LogP contribution in [0, 0.1) is 5.92 Å². The Labute approximate surface area is 174 Å². The van der Waals surface area contributed by atoms with Crippen molar-refractivity contribution in [2.75, 3.05) is 79.4 Å². The maximum absolute atomic E-state index is 5.72. The standard InChI is InChI=1S/C18H34N4O3.HI/c1-19-18(20-5-10-24-15-17-3-2-9-25-17)22-6-4-16(14-22)13-21-7-11-23-12-8-21;/h16-17H,2-15H2,1H3,(H,19,20);1H. The van der Waals surface area contributed by atoms with E-state index in [4.69, 9.17) is 14.2 Å². The summed E-state index contributed by atoms with van der Waals surface area (Å²) >= 11 is 0. The monoisotopic (exact) mass is 482 g/mol. The lowest BCUT2D eigenvalue weighted by Gasteiger charge is -2.29. The van der Waals surface area contributed by atoms with Crippen molar-refractivity contribution in [3.63, 3.8) is 0 Å².